The first-order valence-corrected chi connectivity index (χ1v) is 10.4. The maximum absolute atomic E-state index is 11.4. The smallest absolute Gasteiger partial charge is 0.329 e. The lowest BCUT2D eigenvalue weighted by Crippen LogP contribution is -2.25. The van der Waals surface area contributed by atoms with Crippen molar-refractivity contribution in [2.45, 2.75) is 32.2 Å². The normalized spacial score (nSPS) is 18.6. The van der Waals surface area contributed by atoms with Crippen LogP contribution in [0.15, 0.2) is 30.5 Å². The van der Waals surface area contributed by atoms with E-state index in [9.17, 15) is 10.1 Å². The number of benzene rings is 1. The molecule has 2 aromatic rings. The molecule has 1 aliphatic rings. The molecule has 0 bridgehead atoms. The van der Waals surface area contributed by atoms with Crippen LogP contribution in [0.25, 0.3) is 0 Å². The number of nitrogens with two attached hydrogens (primary N) is 1. The van der Waals surface area contributed by atoms with Crippen LogP contribution in [-0.2, 0) is 6.54 Å². The van der Waals surface area contributed by atoms with Crippen LogP contribution < -0.4 is 21.3 Å². The number of anilines is 3. The Morgan fingerprint density at radius 2 is 1.80 bits per heavy atom. The number of nitrogens with one attached hydrogen (secondary N) is 2. The van der Waals surface area contributed by atoms with Gasteiger partial charge in [0.05, 0.1) is 4.92 Å². The van der Waals surface area contributed by atoms with Gasteiger partial charge in [0, 0.05) is 32.9 Å². The van der Waals surface area contributed by atoms with Gasteiger partial charge in [0.15, 0.2) is 0 Å². The van der Waals surface area contributed by atoms with E-state index in [2.05, 4.69) is 20.6 Å². The lowest BCUT2D eigenvalue weighted by atomic mass is 9.82. The number of hydrogen-bond acceptors (Lipinski definition) is 8. The van der Waals surface area contributed by atoms with Crippen LogP contribution in [-0.4, -0.2) is 42.1 Å². The van der Waals surface area contributed by atoms with Crippen molar-refractivity contribution in [1.82, 2.24) is 9.97 Å². The molecule has 0 aliphatic heterocycles. The van der Waals surface area contributed by atoms with Crippen LogP contribution in [0.3, 0.4) is 0 Å². The molecule has 3 rings (SSSR count). The number of rotatable bonds is 9. The van der Waals surface area contributed by atoms with Crippen LogP contribution in [0.5, 0.6) is 0 Å². The van der Waals surface area contributed by atoms with Crippen molar-refractivity contribution in [3.63, 3.8) is 0 Å². The molecule has 30 heavy (non-hydrogen) atoms. The van der Waals surface area contributed by atoms with Crippen LogP contribution in [0, 0.1) is 22.0 Å². The zero-order chi connectivity index (χ0) is 21.5. The summed E-state index contributed by atoms with van der Waals surface area (Å²) in [6, 6.07) is 8.15. The molecule has 0 spiro atoms. The molecule has 1 aliphatic carbocycles. The summed E-state index contributed by atoms with van der Waals surface area (Å²) in [5, 5.41) is 17.7. The fourth-order valence-corrected chi connectivity index (χ4v) is 3.73. The van der Waals surface area contributed by atoms with Crippen molar-refractivity contribution in [3.05, 3.63) is 46.1 Å². The number of nitro groups is 1. The minimum absolute atomic E-state index is 0.105. The minimum atomic E-state index is -0.447. The first kappa shape index (κ1) is 21.8. The summed E-state index contributed by atoms with van der Waals surface area (Å²) >= 11 is 0. The van der Waals surface area contributed by atoms with E-state index in [4.69, 9.17) is 5.73 Å². The predicted octanol–water partition coefficient (Wildman–Crippen LogP) is 3.24. The average molecular weight is 414 g/mol. The highest BCUT2D eigenvalue weighted by molar-refractivity contribution is 5.57. The number of aromatic nitrogens is 2. The molecule has 0 unspecified atom stereocenters. The van der Waals surface area contributed by atoms with E-state index in [1.165, 1.54) is 6.20 Å². The molecule has 4 N–H and O–H groups in total. The molecule has 9 heteroatoms. The molecule has 0 atom stereocenters. The van der Waals surface area contributed by atoms with E-state index in [0.717, 1.165) is 43.5 Å². The SMILES string of the molecule is CN(C)c1ccc(CNc2ncc([N+](=O)[O-])c(NCC3CCC(CN)CC3)n2)cc1. The van der Waals surface area contributed by atoms with E-state index in [1.54, 1.807) is 0 Å². The Hall–Kier alpha value is -2.94. The maximum atomic E-state index is 11.4. The van der Waals surface area contributed by atoms with Crippen molar-refractivity contribution in [3.8, 4) is 0 Å². The summed E-state index contributed by atoms with van der Waals surface area (Å²) < 4.78 is 0. The third-order valence-corrected chi connectivity index (χ3v) is 5.73. The largest absolute Gasteiger partial charge is 0.378 e. The molecule has 0 amide bonds. The molecule has 162 valence electrons. The molecular weight excluding hydrogens is 382 g/mol. The second-order valence-electron chi connectivity index (χ2n) is 8.10. The fraction of sp³-hybridized carbons (Fsp3) is 0.524. The lowest BCUT2D eigenvalue weighted by Gasteiger charge is -2.27. The zero-order valence-corrected chi connectivity index (χ0v) is 17.7. The molecule has 0 saturated heterocycles. The van der Waals surface area contributed by atoms with Gasteiger partial charge in [-0.05, 0) is 61.8 Å². The highest BCUT2D eigenvalue weighted by Gasteiger charge is 2.22. The lowest BCUT2D eigenvalue weighted by molar-refractivity contribution is -0.384. The van der Waals surface area contributed by atoms with Gasteiger partial charge in [-0.1, -0.05) is 12.1 Å². The molecule has 1 aromatic heterocycles. The van der Waals surface area contributed by atoms with Crippen molar-refractivity contribution < 1.29 is 4.92 Å². The van der Waals surface area contributed by atoms with Crippen LogP contribution in [0.2, 0.25) is 0 Å². The highest BCUT2D eigenvalue weighted by atomic mass is 16.6. The molecule has 9 nitrogen and oxygen atoms in total. The van der Waals surface area contributed by atoms with Crippen molar-refractivity contribution in [1.29, 1.82) is 0 Å². The highest BCUT2D eigenvalue weighted by Crippen LogP contribution is 2.29. The van der Waals surface area contributed by atoms with Crippen LogP contribution >= 0.6 is 0 Å². The Labute approximate surface area is 177 Å². The van der Waals surface area contributed by atoms with Gasteiger partial charge in [-0.2, -0.15) is 4.98 Å². The maximum Gasteiger partial charge on any atom is 0.329 e. The van der Waals surface area contributed by atoms with E-state index in [-0.39, 0.29) is 11.5 Å². The summed E-state index contributed by atoms with van der Waals surface area (Å²) in [5.74, 6) is 1.72. The predicted molar refractivity (Wildman–Crippen MR) is 120 cm³/mol. The second-order valence-corrected chi connectivity index (χ2v) is 8.10. The molecular formula is C21H31N7O2. The summed E-state index contributed by atoms with van der Waals surface area (Å²) in [6.45, 7) is 1.94. The van der Waals surface area contributed by atoms with E-state index < -0.39 is 4.92 Å². The third-order valence-electron chi connectivity index (χ3n) is 5.73. The Balaban J connectivity index is 1.61. The minimum Gasteiger partial charge on any atom is -0.378 e. The fourth-order valence-electron chi connectivity index (χ4n) is 3.73. The quantitative estimate of drug-likeness (QED) is 0.423. The van der Waals surface area contributed by atoms with Crippen molar-refractivity contribution in [2.75, 3.05) is 42.7 Å². The van der Waals surface area contributed by atoms with Gasteiger partial charge < -0.3 is 21.3 Å². The van der Waals surface area contributed by atoms with Crippen molar-refractivity contribution in [2.24, 2.45) is 17.6 Å². The van der Waals surface area contributed by atoms with Gasteiger partial charge in [0.25, 0.3) is 0 Å². The first-order chi connectivity index (χ1) is 14.5. The van der Waals surface area contributed by atoms with Gasteiger partial charge in [0.2, 0.25) is 11.8 Å². The molecule has 1 heterocycles. The number of nitrogens with zero attached hydrogens (tertiary/aromatic N) is 4. The second kappa shape index (κ2) is 10.2. The van der Waals surface area contributed by atoms with E-state index in [0.29, 0.717) is 30.9 Å². The zero-order valence-electron chi connectivity index (χ0n) is 17.7. The number of hydrogen-bond donors (Lipinski definition) is 3. The summed E-state index contributed by atoms with van der Waals surface area (Å²) in [6.07, 6.45) is 5.67. The Kier molecular flexibility index (Phi) is 7.40. The van der Waals surface area contributed by atoms with Gasteiger partial charge in [-0.15, -0.1) is 0 Å². The van der Waals surface area contributed by atoms with Crippen LogP contribution in [0.1, 0.15) is 31.2 Å². The summed E-state index contributed by atoms with van der Waals surface area (Å²) in [5.41, 5.74) is 7.85. The van der Waals surface area contributed by atoms with Gasteiger partial charge >= 0.3 is 5.69 Å². The van der Waals surface area contributed by atoms with E-state index in [1.807, 2.05) is 43.3 Å². The van der Waals surface area contributed by atoms with Gasteiger partial charge in [-0.3, -0.25) is 10.1 Å². The van der Waals surface area contributed by atoms with Gasteiger partial charge in [-0.25, -0.2) is 4.98 Å². The van der Waals surface area contributed by atoms with Crippen LogP contribution in [0.4, 0.5) is 23.1 Å². The average Bonchev–Trinajstić information content (AvgIpc) is 2.76. The Morgan fingerprint density at radius 1 is 1.13 bits per heavy atom. The molecule has 1 saturated carbocycles. The Morgan fingerprint density at radius 3 is 2.40 bits per heavy atom. The summed E-state index contributed by atoms with van der Waals surface area (Å²) in [7, 11) is 3.99. The van der Waals surface area contributed by atoms with Gasteiger partial charge in [0.1, 0.15) is 6.20 Å². The molecule has 0 radical (unpaired) electrons. The standard InChI is InChI=1S/C21H31N7O2/c1-27(2)18-9-7-17(8-10-18)13-24-21-25-14-19(28(29)30)20(26-21)23-12-16-5-3-15(11-22)4-6-16/h7-10,14-16H,3-6,11-13,22H2,1-2H3,(H2,23,24,25,26). The first-order valence-electron chi connectivity index (χ1n) is 10.4. The van der Waals surface area contributed by atoms with Crippen molar-refractivity contribution >= 4 is 23.1 Å². The summed E-state index contributed by atoms with van der Waals surface area (Å²) in [4.78, 5) is 21.4. The third kappa shape index (κ3) is 5.79. The Bertz CT molecular complexity index is 834. The monoisotopic (exact) mass is 413 g/mol. The molecule has 1 fully saturated rings. The molecule has 1 aromatic carbocycles. The topological polar surface area (TPSA) is 122 Å². The van der Waals surface area contributed by atoms with E-state index >= 15 is 0 Å².